The van der Waals surface area contributed by atoms with Crippen molar-refractivity contribution in [1.82, 2.24) is 19.9 Å². The van der Waals surface area contributed by atoms with Crippen LogP contribution in [0.5, 0.6) is 0 Å². The fourth-order valence-corrected chi connectivity index (χ4v) is 2.77. The molecule has 6 nitrogen and oxygen atoms in total. The Bertz CT molecular complexity index is 1130. The quantitative estimate of drug-likeness (QED) is 0.428. The molecule has 0 aliphatic heterocycles. The lowest BCUT2D eigenvalue weighted by atomic mass is 10.0. The molecule has 0 bridgehead atoms. The van der Waals surface area contributed by atoms with E-state index in [1.54, 1.807) is 6.20 Å². The summed E-state index contributed by atoms with van der Waals surface area (Å²) in [5, 5.41) is 2.27. The summed E-state index contributed by atoms with van der Waals surface area (Å²) >= 11 is 0. The highest BCUT2D eigenvalue weighted by atomic mass is 14.9. The van der Waals surface area contributed by atoms with Crippen molar-refractivity contribution in [3.8, 4) is 23.1 Å². The van der Waals surface area contributed by atoms with E-state index in [1.807, 2.05) is 12.3 Å². The van der Waals surface area contributed by atoms with Crippen molar-refractivity contribution in [2.24, 2.45) is 11.5 Å². The number of benzene rings is 2. The zero-order valence-corrected chi connectivity index (χ0v) is 14.1. The van der Waals surface area contributed by atoms with E-state index >= 15 is 0 Å². The number of nitrogens with one attached hydrogen (secondary N) is 2. The minimum atomic E-state index is 0.378. The summed E-state index contributed by atoms with van der Waals surface area (Å²) in [6.45, 7) is 0.780. The fourth-order valence-electron chi connectivity index (χ4n) is 2.77. The van der Waals surface area contributed by atoms with Gasteiger partial charge in [0.2, 0.25) is 0 Å². The maximum Gasteiger partial charge on any atom is 0.120 e. The first-order chi connectivity index (χ1) is 12.7. The third-order valence-corrected chi connectivity index (χ3v) is 4.14. The smallest absolute Gasteiger partial charge is 0.120 e. The Morgan fingerprint density at radius 2 is 1.54 bits per heavy atom. The Balaban J connectivity index is 1.63. The Morgan fingerprint density at radius 3 is 2.31 bits per heavy atom. The number of hydrogen-bond donors (Lipinski definition) is 4. The first-order valence-corrected chi connectivity index (χ1v) is 8.29. The monoisotopic (exact) mass is 342 g/mol. The van der Waals surface area contributed by atoms with Crippen LogP contribution in [-0.2, 0) is 13.1 Å². The molecule has 2 aromatic carbocycles. The van der Waals surface area contributed by atoms with E-state index in [0.29, 0.717) is 13.1 Å². The number of aromatic nitrogens is 4. The minimum Gasteiger partial charge on any atom is -0.341 e. The molecular weight excluding hydrogens is 324 g/mol. The van der Waals surface area contributed by atoms with Crippen molar-refractivity contribution in [1.29, 1.82) is 0 Å². The van der Waals surface area contributed by atoms with E-state index in [0.717, 1.165) is 44.9 Å². The summed E-state index contributed by atoms with van der Waals surface area (Å²) in [4.78, 5) is 14.7. The number of rotatable bonds is 3. The van der Waals surface area contributed by atoms with E-state index in [4.69, 9.17) is 11.5 Å². The van der Waals surface area contributed by atoms with Crippen LogP contribution in [0.2, 0.25) is 0 Å². The lowest BCUT2D eigenvalue weighted by Gasteiger charge is -2.02. The van der Waals surface area contributed by atoms with Crippen molar-refractivity contribution >= 4 is 10.8 Å². The number of fused-ring (bicyclic) bond motifs is 1. The first kappa shape index (κ1) is 16.1. The van der Waals surface area contributed by atoms with Gasteiger partial charge in [-0.1, -0.05) is 24.1 Å². The molecule has 0 radical (unpaired) electrons. The molecule has 0 unspecified atom stereocenters. The van der Waals surface area contributed by atoms with Crippen LogP contribution in [0.4, 0.5) is 0 Å². The fraction of sp³-hybridized carbons (Fsp3) is 0.100. The highest BCUT2D eigenvalue weighted by Gasteiger charge is 2.04. The summed E-state index contributed by atoms with van der Waals surface area (Å²) in [7, 11) is 0. The summed E-state index contributed by atoms with van der Waals surface area (Å²) in [6.07, 6.45) is 3.51. The molecule has 0 amide bonds. The third kappa shape index (κ3) is 3.22. The molecule has 0 atom stereocenters. The van der Waals surface area contributed by atoms with E-state index in [9.17, 15) is 0 Å². The van der Waals surface area contributed by atoms with Gasteiger partial charge in [-0.15, -0.1) is 0 Å². The van der Waals surface area contributed by atoms with Crippen LogP contribution in [0, 0.1) is 11.8 Å². The second kappa shape index (κ2) is 6.84. The standard InChI is InChI=1S/C20H18N6/c21-9-19-23-11-17(25-19)6-2-13-1-3-15-8-16(5-4-14(15)7-13)18-12-24-20(10-22)26-18/h1,3-5,7-8,11-12H,9-10,21-22H2,(H,23,25)(H,24,26). The maximum absolute atomic E-state index is 5.61. The van der Waals surface area contributed by atoms with Crippen LogP contribution in [-0.4, -0.2) is 19.9 Å². The number of nitrogens with two attached hydrogens (primary N) is 2. The number of imidazole rings is 2. The number of hydrogen-bond acceptors (Lipinski definition) is 4. The van der Waals surface area contributed by atoms with Crippen LogP contribution in [0.1, 0.15) is 22.9 Å². The van der Waals surface area contributed by atoms with Crippen LogP contribution < -0.4 is 11.5 Å². The highest BCUT2D eigenvalue weighted by molar-refractivity contribution is 5.87. The molecule has 0 saturated heterocycles. The van der Waals surface area contributed by atoms with Crippen LogP contribution >= 0.6 is 0 Å². The van der Waals surface area contributed by atoms with Crippen LogP contribution in [0.15, 0.2) is 48.8 Å². The Labute approximate surface area is 150 Å². The molecule has 6 N–H and O–H groups in total. The van der Waals surface area contributed by atoms with Gasteiger partial charge >= 0.3 is 0 Å². The molecule has 0 fully saturated rings. The van der Waals surface area contributed by atoms with Gasteiger partial charge in [-0.2, -0.15) is 0 Å². The van der Waals surface area contributed by atoms with Gasteiger partial charge in [-0.3, -0.25) is 0 Å². The van der Waals surface area contributed by atoms with Gasteiger partial charge in [0.05, 0.1) is 31.2 Å². The summed E-state index contributed by atoms with van der Waals surface area (Å²) in [6, 6.07) is 12.4. The second-order valence-corrected chi connectivity index (χ2v) is 5.92. The second-order valence-electron chi connectivity index (χ2n) is 5.92. The molecule has 2 heterocycles. The number of nitrogens with zero attached hydrogens (tertiary/aromatic N) is 2. The number of H-pyrrole nitrogens is 2. The summed E-state index contributed by atoms with van der Waals surface area (Å²) in [5.74, 6) is 7.75. The molecule has 0 aliphatic rings. The van der Waals surface area contributed by atoms with Gasteiger partial charge in [-0.25, -0.2) is 9.97 Å². The van der Waals surface area contributed by atoms with Crippen molar-refractivity contribution in [2.45, 2.75) is 13.1 Å². The number of aromatic amines is 2. The predicted molar refractivity (Wildman–Crippen MR) is 102 cm³/mol. The average Bonchev–Trinajstić information content (AvgIpc) is 3.35. The van der Waals surface area contributed by atoms with Gasteiger partial charge in [0, 0.05) is 11.1 Å². The Hall–Kier alpha value is -3.40. The Kier molecular flexibility index (Phi) is 4.23. The molecule has 2 aromatic heterocycles. The van der Waals surface area contributed by atoms with Gasteiger partial charge in [-0.05, 0) is 34.9 Å². The van der Waals surface area contributed by atoms with Gasteiger partial charge in [0.15, 0.2) is 0 Å². The molecule has 0 saturated carbocycles. The van der Waals surface area contributed by atoms with Crippen molar-refractivity contribution in [3.63, 3.8) is 0 Å². The highest BCUT2D eigenvalue weighted by Crippen LogP contribution is 2.24. The summed E-state index contributed by atoms with van der Waals surface area (Å²) in [5.41, 5.74) is 14.9. The van der Waals surface area contributed by atoms with E-state index in [-0.39, 0.29) is 0 Å². The molecule has 128 valence electrons. The van der Waals surface area contributed by atoms with Crippen molar-refractivity contribution in [3.05, 3.63) is 71.7 Å². The lowest BCUT2D eigenvalue weighted by molar-refractivity contribution is 0.948. The first-order valence-electron chi connectivity index (χ1n) is 8.29. The van der Waals surface area contributed by atoms with Crippen LogP contribution in [0.3, 0.4) is 0 Å². The minimum absolute atomic E-state index is 0.378. The van der Waals surface area contributed by atoms with Gasteiger partial charge in [0.1, 0.15) is 17.3 Å². The van der Waals surface area contributed by atoms with Gasteiger partial charge in [0.25, 0.3) is 0 Å². The molecule has 4 aromatic rings. The molecule has 26 heavy (non-hydrogen) atoms. The zero-order chi connectivity index (χ0) is 17.9. The molecule has 6 heteroatoms. The molecule has 0 aliphatic carbocycles. The normalized spacial score (nSPS) is 10.7. The van der Waals surface area contributed by atoms with E-state index in [2.05, 4.69) is 62.1 Å². The topological polar surface area (TPSA) is 109 Å². The molecular formula is C20H18N6. The van der Waals surface area contributed by atoms with Crippen molar-refractivity contribution < 1.29 is 0 Å². The van der Waals surface area contributed by atoms with Crippen LogP contribution in [0.25, 0.3) is 22.0 Å². The average molecular weight is 342 g/mol. The molecule has 4 rings (SSSR count). The third-order valence-electron chi connectivity index (χ3n) is 4.14. The zero-order valence-electron chi connectivity index (χ0n) is 14.1. The van der Waals surface area contributed by atoms with E-state index in [1.165, 1.54) is 0 Å². The lowest BCUT2D eigenvalue weighted by Crippen LogP contribution is -1.97. The Morgan fingerprint density at radius 1 is 0.808 bits per heavy atom. The van der Waals surface area contributed by atoms with Crippen molar-refractivity contribution in [2.75, 3.05) is 0 Å². The predicted octanol–water partition coefficient (Wildman–Crippen LogP) is 2.27. The largest absolute Gasteiger partial charge is 0.341 e. The van der Waals surface area contributed by atoms with E-state index < -0.39 is 0 Å². The molecule has 0 spiro atoms. The van der Waals surface area contributed by atoms with Gasteiger partial charge < -0.3 is 21.4 Å². The SMILES string of the molecule is NCc1ncc(C#Cc2ccc3cc(-c4cnc(CN)[nH]4)ccc3c2)[nH]1. The maximum atomic E-state index is 5.61. The summed E-state index contributed by atoms with van der Waals surface area (Å²) < 4.78 is 0.